The predicted octanol–water partition coefficient (Wildman–Crippen LogP) is 3.84. The van der Waals surface area contributed by atoms with Crippen molar-refractivity contribution in [3.05, 3.63) is 130 Å². The minimum absolute atomic E-state index is 0.0394. The van der Waals surface area contributed by atoms with Crippen LogP contribution in [0.4, 0.5) is 5.82 Å². The lowest BCUT2D eigenvalue weighted by atomic mass is 10.0. The molecule has 0 amide bonds. The zero-order valence-electron chi connectivity index (χ0n) is 23.5. The van der Waals surface area contributed by atoms with E-state index in [-0.39, 0.29) is 52.5 Å². The largest absolute Gasteiger partial charge is 0.364 e. The molecule has 216 valence electrons. The highest BCUT2D eigenvalue weighted by Crippen LogP contribution is 2.30. The van der Waals surface area contributed by atoms with E-state index in [4.69, 9.17) is 17.3 Å². The zero-order valence-corrected chi connectivity index (χ0v) is 24.2. The molecule has 5 rings (SSSR count). The number of halogens is 1. The van der Waals surface area contributed by atoms with Crippen LogP contribution in [0.1, 0.15) is 74.1 Å². The van der Waals surface area contributed by atoms with Crippen LogP contribution >= 0.6 is 11.6 Å². The Hall–Kier alpha value is -4.15. The van der Waals surface area contributed by atoms with E-state index >= 15 is 0 Å². The standard InChI is InChI=1S/C15H18ClN3O2.C15H17N3O2/c1-9(2)19-14(20)11(13(16)18-15(19)21)8-12(17)10-6-4-3-5-7-10;1-9(2)18-14(19)11-8-12(10-6-4-3-5-7-10)16-13(11)17-15(18)20/h3-7,9,12H,8,17H2,1-2H3,(H,18,21);3-7,9,12,16H,8H2,1-2H3,(H,17,20)/t;12-/m.1/s1. The normalized spacial score (nSPS) is 14.8. The SMILES string of the molecule is CC(C)n1c(=O)[nH]c(Cl)c(CC(N)c2ccccc2)c1=O.CC(C)n1c(=O)[nH]c2c(c1=O)C[C@H](c1ccccc1)N2. The van der Waals surface area contributed by atoms with E-state index < -0.39 is 5.69 Å². The maximum Gasteiger partial charge on any atom is 0.330 e. The van der Waals surface area contributed by atoms with Crippen LogP contribution in [0, 0.1) is 0 Å². The number of anilines is 1. The molecule has 1 aliphatic heterocycles. The number of nitrogens with zero attached hydrogens (tertiary/aromatic N) is 2. The van der Waals surface area contributed by atoms with Crippen molar-refractivity contribution in [3.8, 4) is 0 Å². The first-order valence-electron chi connectivity index (χ1n) is 13.5. The van der Waals surface area contributed by atoms with Gasteiger partial charge in [-0.25, -0.2) is 9.59 Å². The van der Waals surface area contributed by atoms with Gasteiger partial charge in [-0.05, 0) is 38.8 Å². The van der Waals surface area contributed by atoms with Crippen LogP contribution < -0.4 is 33.5 Å². The van der Waals surface area contributed by atoms with Gasteiger partial charge in [-0.1, -0.05) is 72.3 Å². The minimum atomic E-state index is -0.503. The van der Waals surface area contributed by atoms with Gasteiger partial charge in [0.2, 0.25) is 0 Å². The van der Waals surface area contributed by atoms with Crippen LogP contribution in [0.15, 0.2) is 79.8 Å². The number of nitrogens with one attached hydrogen (secondary N) is 3. The summed E-state index contributed by atoms with van der Waals surface area (Å²) in [4.78, 5) is 53.9. The number of aromatic amines is 2. The fourth-order valence-electron chi connectivity index (χ4n) is 4.93. The summed E-state index contributed by atoms with van der Waals surface area (Å²) in [5.41, 5.74) is 7.71. The molecule has 0 bridgehead atoms. The van der Waals surface area contributed by atoms with Gasteiger partial charge in [0.15, 0.2) is 0 Å². The molecule has 0 saturated carbocycles. The summed E-state index contributed by atoms with van der Waals surface area (Å²) < 4.78 is 2.42. The Balaban J connectivity index is 0.000000189. The molecule has 41 heavy (non-hydrogen) atoms. The quantitative estimate of drug-likeness (QED) is 0.256. The van der Waals surface area contributed by atoms with Crippen LogP contribution in [0.3, 0.4) is 0 Å². The molecule has 2 atom stereocenters. The highest BCUT2D eigenvalue weighted by molar-refractivity contribution is 6.30. The van der Waals surface area contributed by atoms with Crippen molar-refractivity contribution in [1.29, 1.82) is 0 Å². The van der Waals surface area contributed by atoms with Crippen molar-refractivity contribution in [2.45, 2.75) is 64.7 Å². The number of fused-ring (bicyclic) bond motifs is 1. The molecule has 2 aromatic heterocycles. The van der Waals surface area contributed by atoms with Gasteiger partial charge in [0.25, 0.3) is 11.1 Å². The Morgan fingerprint density at radius 1 is 0.829 bits per heavy atom. The topological polar surface area (TPSA) is 148 Å². The fraction of sp³-hybridized carbons (Fsp3) is 0.333. The molecule has 0 aliphatic carbocycles. The Morgan fingerprint density at radius 2 is 1.37 bits per heavy atom. The summed E-state index contributed by atoms with van der Waals surface area (Å²) in [6.07, 6.45) is 0.868. The third kappa shape index (κ3) is 6.44. The summed E-state index contributed by atoms with van der Waals surface area (Å²) in [7, 11) is 0. The lowest BCUT2D eigenvalue weighted by Gasteiger charge is -2.15. The second-order valence-corrected chi connectivity index (χ2v) is 11.0. The Labute approximate surface area is 241 Å². The second-order valence-electron chi connectivity index (χ2n) is 10.6. The number of hydrogen-bond acceptors (Lipinski definition) is 6. The van der Waals surface area contributed by atoms with Gasteiger partial charge in [0.05, 0.1) is 17.2 Å². The molecule has 4 aromatic rings. The molecule has 2 aromatic carbocycles. The number of H-pyrrole nitrogens is 2. The van der Waals surface area contributed by atoms with Gasteiger partial charge < -0.3 is 11.1 Å². The highest BCUT2D eigenvalue weighted by atomic mass is 35.5. The van der Waals surface area contributed by atoms with Crippen LogP contribution in [-0.4, -0.2) is 19.1 Å². The van der Waals surface area contributed by atoms with E-state index in [1.807, 2.05) is 74.5 Å². The number of hydrogen-bond donors (Lipinski definition) is 4. The molecular formula is C30H35ClN6O4. The first kappa shape index (κ1) is 29.8. The van der Waals surface area contributed by atoms with Gasteiger partial charge >= 0.3 is 11.4 Å². The molecular weight excluding hydrogens is 544 g/mol. The van der Waals surface area contributed by atoms with Gasteiger partial charge in [0, 0.05) is 31.0 Å². The molecule has 10 nitrogen and oxygen atoms in total. The smallest absolute Gasteiger partial charge is 0.330 e. The number of nitrogens with two attached hydrogens (primary N) is 1. The molecule has 1 unspecified atom stereocenters. The zero-order chi connectivity index (χ0) is 29.8. The molecule has 0 radical (unpaired) electrons. The highest BCUT2D eigenvalue weighted by Gasteiger charge is 2.27. The maximum atomic E-state index is 12.4. The molecule has 3 heterocycles. The molecule has 0 saturated heterocycles. The van der Waals surface area contributed by atoms with E-state index in [0.29, 0.717) is 23.4 Å². The van der Waals surface area contributed by atoms with Crippen molar-refractivity contribution >= 4 is 17.4 Å². The lowest BCUT2D eigenvalue weighted by molar-refractivity contribution is 0.536. The first-order chi connectivity index (χ1) is 19.5. The fourth-order valence-corrected chi connectivity index (χ4v) is 5.17. The molecule has 0 fully saturated rings. The van der Waals surface area contributed by atoms with Crippen molar-refractivity contribution in [1.82, 2.24) is 19.1 Å². The third-order valence-electron chi connectivity index (χ3n) is 7.02. The van der Waals surface area contributed by atoms with Crippen LogP contribution in [0.25, 0.3) is 0 Å². The van der Waals surface area contributed by atoms with E-state index in [0.717, 1.165) is 15.7 Å². The maximum absolute atomic E-state index is 12.4. The van der Waals surface area contributed by atoms with Crippen molar-refractivity contribution in [2.75, 3.05) is 5.32 Å². The molecule has 5 N–H and O–H groups in total. The third-order valence-corrected chi connectivity index (χ3v) is 7.34. The summed E-state index contributed by atoms with van der Waals surface area (Å²) in [5.74, 6) is 0.561. The minimum Gasteiger partial charge on any atom is -0.364 e. The van der Waals surface area contributed by atoms with E-state index in [9.17, 15) is 19.2 Å². The second kappa shape index (κ2) is 12.6. The Kier molecular flexibility index (Phi) is 9.14. The monoisotopic (exact) mass is 578 g/mol. The summed E-state index contributed by atoms with van der Waals surface area (Å²) >= 11 is 6.02. The van der Waals surface area contributed by atoms with Gasteiger partial charge in [-0.3, -0.25) is 28.7 Å². The molecule has 1 aliphatic rings. The number of rotatable bonds is 6. The van der Waals surface area contributed by atoms with E-state index in [2.05, 4.69) is 15.3 Å². The summed E-state index contributed by atoms with van der Waals surface area (Å²) in [6.45, 7) is 7.21. The van der Waals surface area contributed by atoms with Crippen LogP contribution in [0.5, 0.6) is 0 Å². The molecule has 0 spiro atoms. The molecule has 11 heteroatoms. The Morgan fingerprint density at radius 3 is 1.95 bits per heavy atom. The number of aromatic nitrogens is 4. The van der Waals surface area contributed by atoms with E-state index in [1.54, 1.807) is 13.8 Å². The van der Waals surface area contributed by atoms with Gasteiger partial charge in [-0.2, -0.15) is 0 Å². The van der Waals surface area contributed by atoms with Crippen molar-refractivity contribution in [2.24, 2.45) is 5.73 Å². The van der Waals surface area contributed by atoms with Gasteiger partial charge in [-0.15, -0.1) is 0 Å². The lowest BCUT2D eigenvalue weighted by Crippen LogP contribution is -2.39. The van der Waals surface area contributed by atoms with Crippen LogP contribution in [0.2, 0.25) is 5.15 Å². The van der Waals surface area contributed by atoms with Crippen molar-refractivity contribution < 1.29 is 0 Å². The average molecular weight is 579 g/mol. The predicted molar refractivity (Wildman–Crippen MR) is 162 cm³/mol. The van der Waals surface area contributed by atoms with Gasteiger partial charge in [0.1, 0.15) is 11.0 Å². The Bertz CT molecular complexity index is 1740. The van der Waals surface area contributed by atoms with Crippen LogP contribution in [-0.2, 0) is 12.8 Å². The van der Waals surface area contributed by atoms with Crippen molar-refractivity contribution in [3.63, 3.8) is 0 Å². The number of benzene rings is 2. The summed E-state index contributed by atoms with van der Waals surface area (Å²) in [5, 5.41) is 3.29. The van der Waals surface area contributed by atoms with E-state index in [1.165, 1.54) is 4.57 Å². The first-order valence-corrected chi connectivity index (χ1v) is 13.9. The summed E-state index contributed by atoms with van der Waals surface area (Å²) in [6, 6.07) is 18.7. The average Bonchev–Trinajstić information content (AvgIpc) is 3.36.